The average molecular weight is 351 g/mol. The maximum absolute atomic E-state index is 12.0. The molecule has 0 aromatic heterocycles. The number of hydrogen-bond donors (Lipinski definition) is 0. The van der Waals surface area contributed by atoms with Gasteiger partial charge in [-0.2, -0.15) is 0 Å². The SMILES string of the molecule is CC.CC.CC.Cc1ccc2c(c1)C(=O)C(=O)N2C(=O)OC(C)(C)C. The number of imide groups is 1. The van der Waals surface area contributed by atoms with Crippen LogP contribution in [0.2, 0.25) is 0 Å². The molecule has 142 valence electrons. The van der Waals surface area contributed by atoms with E-state index in [-0.39, 0.29) is 11.3 Å². The Bertz CT molecular complexity index is 586. The first-order chi connectivity index (χ1) is 11.7. The van der Waals surface area contributed by atoms with Crippen molar-refractivity contribution < 1.29 is 19.1 Å². The van der Waals surface area contributed by atoms with Crippen LogP contribution in [-0.4, -0.2) is 23.4 Å². The van der Waals surface area contributed by atoms with Crippen molar-refractivity contribution in [2.45, 2.75) is 74.8 Å². The second-order valence-corrected chi connectivity index (χ2v) is 5.47. The van der Waals surface area contributed by atoms with E-state index in [2.05, 4.69) is 0 Å². The van der Waals surface area contributed by atoms with Gasteiger partial charge in [0.1, 0.15) is 5.60 Å². The molecule has 0 saturated carbocycles. The molecule has 2 amide bonds. The van der Waals surface area contributed by atoms with Crippen LogP contribution in [0.4, 0.5) is 10.5 Å². The van der Waals surface area contributed by atoms with E-state index in [4.69, 9.17) is 4.74 Å². The maximum Gasteiger partial charge on any atom is 0.422 e. The van der Waals surface area contributed by atoms with E-state index in [0.29, 0.717) is 0 Å². The molecule has 1 aliphatic rings. The summed E-state index contributed by atoms with van der Waals surface area (Å²) in [6.45, 7) is 18.9. The molecule has 1 aromatic carbocycles. The Morgan fingerprint density at radius 1 is 0.960 bits per heavy atom. The van der Waals surface area contributed by atoms with E-state index in [9.17, 15) is 14.4 Å². The minimum atomic E-state index is -0.866. The number of carbonyl (C=O) groups is 3. The standard InChI is InChI=1S/C14H15NO4.3C2H6/c1-8-5-6-10-9(7-8)11(16)12(17)15(10)13(18)19-14(2,3)4;3*1-2/h5-7H,1-4H3;3*1-2H3. The summed E-state index contributed by atoms with van der Waals surface area (Å²) >= 11 is 0. The molecule has 0 aliphatic carbocycles. The number of aryl methyl sites for hydroxylation is 1. The number of fused-ring (bicyclic) bond motifs is 1. The van der Waals surface area contributed by atoms with Crippen molar-refractivity contribution in [1.29, 1.82) is 0 Å². The highest BCUT2D eigenvalue weighted by atomic mass is 16.6. The van der Waals surface area contributed by atoms with Crippen LogP contribution in [0.1, 0.15) is 78.2 Å². The van der Waals surface area contributed by atoms with Gasteiger partial charge in [-0.1, -0.05) is 53.2 Å². The zero-order valence-corrected chi connectivity index (χ0v) is 17.3. The highest BCUT2D eigenvalue weighted by molar-refractivity contribution is 6.55. The summed E-state index contributed by atoms with van der Waals surface area (Å²) < 4.78 is 5.14. The molecule has 5 nitrogen and oxygen atoms in total. The Balaban J connectivity index is 0. The Labute approximate surface area is 152 Å². The van der Waals surface area contributed by atoms with Crippen LogP contribution >= 0.6 is 0 Å². The molecule has 0 fully saturated rings. The van der Waals surface area contributed by atoms with Gasteiger partial charge >= 0.3 is 12.0 Å². The van der Waals surface area contributed by atoms with E-state index in [1.165, 1.54) is 0 Å². The molecule has 2 rings (SSSR count). The summed E-state index contributed by atoms with van der Waals surface area (Å²) in [6, 6.07) is 4.92. The normalized spacial score (nSPS) is 11.8. The smallest absolute Gasteiger partial charge is 0.422 e. The fourth-order valence-corrected chi connectivity index (χ4v) is 1.84. The van der Waals surface area contributed by atoms with E-state index >= 15 is 0 Å². The first-order valence-electron chi connectivity index (χ1n) is 8.93. The van der Waals surface area contributed by atoms with Gasteiger partial charge in [0.2, 0.25) is 0 Å². The zero-order valence-electron chi connectivity index (χ0n) is 17.3. The third kappa shape index (κ3) is 6.69. The number of ketones is 1. The van der Waals surface area contributed by atoms with E-state index in [1.807, 2.05) is 48.5 Å². The monoisotopic (exact) mass is 351 g/mol. The number of Topliss-reactive ketones (excluding diaryl/α,β-unsaturated/α-hetero) is 1. The van der Waals surface area contributed by atoms with Crippen molar-refractivity contribution in [1.82, 2.24) is 0 Å². The lowest BCUT2D eigenvalue weighted by Gasteiger charge is -2.23. The molecule has 0 bridgehead atoms. The van der Waals surface area contributed by atoms with Gasteiger partial charge in [0.15, 0.2) is 0 Å². The minimum absolute atomic E-state index is 0.246. The van der Waals surface area contributed by atoms with Crippen molar-refractivity contribution in [2.24, 2.45) is 0 Å². The summed E-state index contributed by atoms with van der Waals surface area (Å²) in [5.74, 6) is -1.54. The molecule has 1 heterocycles. The molecule has 1 aromatic rings. The second kappa shape index (κ2) is 11.4. The Kier molecular flexibility index (Phi) is 11.4. The minimum Gasteiger partial charge on any atom is -0.443 e. The molecule has 0 saturated heterocycles. The number of carbonyl (C=O) groups excluding carboxylic acids is 3. The molecule has 1 aliphatic heterocycles. The van der Waals surface area contributed by atoms with Crippen molar-refractivity contribution in [2.75, 3.05) is 4.90 Å². The summed E-state index contributed by atoms with van der Waals surface area (Å²) in [5, 5.41) is 0. The number of rotatable bonds is 0. The van der Waals surface area contributed by atoms with Crippen LogP contribution in [0, 0.1) is 6.92 Å². The van der Waals surface area contributed by atoms with Gasteiger partial charge in [0, 0.05) is 0 Å². The molecule has 0 radical (unpaired) electrons. The highest BCUT2D eigenvalue weighted by Crippen LogP contribution is 2.31. The van der Waals surface area contributed by atoms with Gasteiger partial charge in [-0.3, -0.25) is 9.59 Å². The van der Waals surface area contributed by atoms with E-state index < -0.39 is 23.4 Å². The van der Waals surface area contributed by atoms with Crippen LogP contribution in [-0.2, 0) is 9.53 Å². The van der Waals surface area contributed by atoms with Crippen LogP contribution in [0.5, 0.6) is 0 Å². The molecular formula is C20H33NO4. The molecule has 25 heavy (non-hydrogen) atoms. The van der Waals surface area contributed by atoms with Crippen LogP contribution in [0.25, 0.3) is 0 Å². The van der Waals surface area contributed by atoms with Crippen molar-refractivity contribution in [3.63, 3.8) is 0 Å². The number of ether oxygens (including phenoxy) is 1. The van der Waals surface area contributed by atoms with Gasteiger partial charge in [-0.25, -0.2) is 9.69 Å². The first-order valence-corrected chi connectivity index (χ1v) is 8.93. The third-order valence-electron chi connectivity index (χ3n) is 2.61. The van der Waals surface area contributed by atoms with Gasteiger partial charge in [0.25, 0.3) is 5.78 Å². The maximum atomic E-state index is 12.0. The topological polar surface area (TPSA) is 63.7 Å². The van der Waals surface area contributed by atoms with Gasteiger partial charge in [0.05, 0.1) is 11.3 Å². The Morgan fingerprint density at radius 3 is 1.88 bits per heavy atom. The van der Waals surface area contributed by atoms with Crippen LogP contribution in [0.3, 0.4) is 0 Å². The lowest BCUT2D eigenvalue weighted by Crippen LogP contribution is -2.40. The van der Waals surface area contributed by atoms with Crippen molar-refractivity contribution >= 4 is 23.5 Å². The highest BCUT2D eigenvalue weighted by Gasteiger charge is 2.41. The number of anilines is 1. The number of nitrogens with zero attached hydrogens (tertiary/aromatic N) is 1. The first kappa shape index (κ1) is 25.1. The fraction of sp³-hybridized carbons (Fsp3) is 0.550. The van der Waals surface area contributed by atoms with Gasteiger partial charge in [-0.05, 0) is 39.8 Å². The Morgan fingerprint density at radius 2 is 1.44 bits per heavy atom. The number of amides is 2. The second-order valence-electron chi connectivity index (χ2n) is 5.47. The summed E-state index contributed by atoms with van der Waals surface area (Å²) in [5.41, 5.74) is 0.657. The molecule has 0 N–H and O–H groups in total. The van der Waals surface area contributed by atoms with Crippen molar-refractivity contribution in [3.8, 4) is 0 Å². The predicted octanol–water partition coefficient (Wildman–Crippen LogP) is 5.54. The molecule has 0 atom stereocenters. The summed E-state index contributed by atoms with van der Waals surface area (Å²) in [4.78, 5) is 36.5. The average Bonchev–Trinajstić information content (AvgIpc) is 2.83. The van der Waals surface area contributed by atoms with E-state index in [0.717, 1.165) is 10.5 Å². The molecule has 5 heteroatoms. The summed E-state index contributed by atoms with van der Waals surface area (Å²) in [7, 11) is 0. The fourth-order valence-electron chi connectivity index (χ4n) is 1.84. The van der Waals surface area contributed by atoms with Crippen LogP contribution in [0.15, 0.2) is 18.2 Å². The largest absolute Gasteiger partial charge is 0.443 e. The molecular weight excluding hydrogens is 318 g/mol. The molecule has 0 spiro atoms. The Hall–Kier alpha value is -2.17. The van der Waals surface area contributed by atoms with Gasteiger partial charge < -0.3 is 4.74 Å². The number of hydrogen-bond acceptors (Lipinski definition) is 4. The van der Waals surface area contributed by atoms with E-state index in [1.54, 1.807) is 39.0 Å². The lowest BCUT2D eigenvalue weighted by molar-refractivity contribution is -0.114. The van der Waals surface area contributed by atoms with Gasteiger partial charge in [-0.15, -0.1) is 0 Å². The van der Waals surface area contributed by atoms with Crippen molar-refractivity contribution in [3.05, 3.63) is 29.3 Å². The zero-order chi connectivity index (χ0) is 20.4. The lowest BCUT2D eigenvalue weighted by atomic mass is 10.1. The molecule has 0 unspecified atom stereocenters. The van der Waals surface area contributed by atoms with Crippen LogP contribution < -0.4 is 4.90 Å². The quantitative estimate of drug-likeness (QED) is 0.576. The number of benzene rings is 1. The summed E-state index contributed by atoms with van der Waals surface area (Å²) in [6.07, 6.45) is -0.826. The third-order valence-corrected chi connectivity index (χ3v) is 2.61. The predicted molar refractivity (Wildman–Crippen MR) is 103 cm³/mol.